The van der Waals surface area contributed by atoms with Gasteiger partial charge in [-0.1, -0.05) is 23.2 Å². The van der Waals surface area contributed by atoms with Gasteiger partial charge in [-0.05, 0) is 24.8 Å². The van der Waals surface area contributed by atoms with E-state index in [9.17, 15) is 0 Å². The summed E-state index contributed by atoms with van der Waals surface area (Å²) in [6, 6.07) is 3.29. The van der Waals surface area contributed by atoms with Gasteiger partial charge in [-0.2, -0.15) is 0 Å². The van der Waals surface area contributed by atoms with Gasteiger partial charge in [-0.25, -0.2) is 0 Å². The van der Waals surface area contributed by atoms with Crippen molar-refractivity contribution in [3.8, 4) is 5.75 Å². The molecule has 0 radical (unpaired) electrons. The lowest BCUT2D eigenvalue weighted by Crippen LogP contribution is -2.00. The van der Waals surface area contributed by atoms with Crippen molar-refractivity contribution >= 4 is 28.9 Å². The average molecular weight is 232 g/mol. The predicted molar refractivity (Wildman–Crippen MR) is 59.1 cm³/mol. The van der Waals surface area contributed by atoms with Crippen LogP contribution in [0, 0.1) is 5.92 Å². The van der Waals surface area contributed by atoms with E-state index in [1.807, 2.05) is 0 Å². The SMILES string of the molecule is Nc1cc(OCC2CC2)c(Cl)cc1Cl. The summed E-state index contributed by atoms with van der Waals surface area (Å²) < 4.78 is 5.53. The first-order chi connectivity index (χ1) is 6.66. The standard InChI is InChI=1S/C10H11Cl2NO/c11-7-3-8(12)10(4-9(7)13)14-5-6-1-2-6/h3-4,6H,1-2,5,13H2. The van der Waals surface area contributed by atoms with Crippen molar-refractivity contribution in [1.82, 2.24) is 0 Å². The molecule has 4 heteroatoms. The highest BCUT2D eigenvalue weighted by atomic mass is 35.5. The van der Waals surface area contributed by atoms with Gasteiger partial charge in [0.25, 0.3) is 0 Å². The number of nitrogen functional groups attached to an aromatic ring is 1. The van der Waals surface area contributed by atoms with Crippen LogP contribution in [0.15, 0.2) is 12.1 Å². The quantitative estimate of drug-likeness (QED) is 0.811. The molecule has 0 aromatic heterocycles. The summed E-state index contributed by atoms with van der Waals surface area (Å²) in [6.07, 6.45) is 2.50. The van der Waals surface area contributed by atoms with E-state index in [2.05, 4.69) is 0 Å². The molecule has 0 unspecified atom stereocenters. The van der Waals surface area contributed by atoms with Crippen LogP contribution in [0.1, 0.15) is 12.8 Å². The fourth-order valence-electron chi connectivity index (χ4n) is 1.15. The lowest BCUT2D eigenvalue weighted by atomic mass is 10.3. The van der Waals surface area contributed by atoms with Crippen molar-refractivity contribution < 1.29 is 4.74 Å². The zero-order chi connectivity index (χ0) is 10.1. The van der Waals surface area contributed by atoms with E-state index in [1.165, 1.54) is 12.8 Å². The van der Waals surface area contributed by atoms with Gasteiger partial charge in [0.2, 0.25) is 0 Å². The Balaban J connectivity index is 2.10. The molecule has 1 aliphatic carbocycles. The number of hydrogen-bond acceptors (Lipinski definition) is 2. The first kappa shape index (κ1) is 9.94. The molecule has 0 atom stereocenters. The minimum absolute atomic E-state index is 0.466. The van der Waals surface area contributed by atoms with Crippen LogP contribution in [0.25, 0.3) is 0 Å². The molecular weight excluding hydrogens is 221 g/mol. The highest BCUT2D eigenvalue weighted by Crippen LogP contribution is 2.35. The third-order valence-corrected chi connectivity index (χ3v) is 2.85. The molecule has 0 aliphatic heterocycles. The normalized spacial score (nSPS) is 15.6. The van der Waals surface area contributed by atoms with Crippen molar-refractivity contribution in [2.45, 2.75) is 12.8 Å². The molecule has 2 nitrogen and oxygen atoms in total. The van der Waals surface area contributed by atoms with Gasteiger partial charge in [0.05, 0.1) is 22.3 Å². The summed E-state index contributed by atoms with van der Waals surface area (Å²) in [6.45, 7) is 0.723. The highest BCUT2D eigenvalue weighted by Gasteiger charge is 2.22. The third-order valence-electron chi connectivity index (χ3n) is 2.22. The Hall–Kier alpha value is -0.600. The number of ether oxygens (including phenoxy) is 1. The van der Waals surface area contributed by atoms with Crippen molar-refractivity contribution in [3.05, 3.63) is 22.2 Å². The Kier molecular flexibility index (Phi) is 2.75. The summed E-state index contributed by atoms with van der Waals surface area (Å²) >= 11 is 11.7. The molecule has 14 heavy (non-hydrogen) atoms. The first-order valence-electron chi connectivity index (χ1n) is 4.54. The Morgan fingerprint density at radius 1 is 1.29 bits per heavy atom. The van der Waals surface area contributed by atoms with Crippen molar-refractivity contribution in [1.29, 1.82) is 0 Å². The predicted octanol–water partition coefficient (Wildman–Crippen LogP) is 3.36. The maximum Gasteiger partial charge on any atom is 0.140 e. The number of anilines is 1. The molecule has 76 valence electrons. The molecule has 0 spiro atoms. The minimum atomic E-state index is 0.466. The fraction of sp³-hybridized carbons (Fsp3) is 0.400. The summed E-state index contributed by atoms with van der Waals surface area (Å²) in [5.41, 5.74) is 6.14. The van der Waals surface area contributed by atoms with E-state index < -0.39 is 0 Å². The van der Waals surface area contributed by atoms with E-state index >= 15 is 0 Å². The van der Waals surface area contributed by atoms with Crippen molar-refractivity contribution in [2.75, 3.05) is 12.3 Å². The van der Waals surface area contributed by atoms with Crippen LogP contribution in [0.3, 0.4) is 0 Å². The van der Waals surface area contributed by atoms with Gasteiger partial charge < -0.3 is 10.5 Å². The smallest absolute Gasteiger partial charge is 0.140 e. The number of nitrogens with two attached hydrogens (primary N) is 1. The molecule has 1 saturated carbocycles. The Morgan fingerprint density at radius 2 is 2.00 bits per heavy atom. The summed E-state index contributed by atoms with van der Waals surface area (Å²) in [5, 5.41) is 0.985. The van der Waals surface area contributed by atoms with Gasteiger partial charge in [-0.3, -0.25) is 0 Å². The molecule has 0 bridgehead atoms. The van der Waals surface area contributed by atoms with Crippen LogP contribution >= 0.6 is 23.2 Å². The van der Waals surface area contributed by atoms with Crippen molar-refractivity contribution in [2.24, 2.45) is 5.92 Å². The zero-order valence-electron chi connectivity index (χ0n) is 7.59. The molecule has 1 aromatic carbocycles. The summed E-state index contributed by atoms with van der Waals surface area (Å²) in [4.78, 5) is 0. The Morgan fingerprint density at radius 3 is 2.64 bits per heavy atom. The molecule has 2 rings (SSSR count). The summed E-state index contributed by atoms with van der Waals surface area (Å²) in [5.74, 6) is 1.32. The second kappa shape index (κ2) is 3.87. The lowest BCUT2D eigenvalue weighted by Gasteiger charge is -2.08. The van der Waals surface area contributed by atoms with Crippen LogP contribution in [0.5, 0.6) is 5.75 Å². The van der Waals surface area contributed by atoms with Crippen molar-refractivity contribution in [3.63, 3.8) is 0 Å². The van der Waals surface area contributed by atoms with Gasteiger partial charge in [-0.15, -0.1) is 0 Å². The van der Waals surface area contributed by atoms with E-state index in [4.69, 9.17) is 33.7 Å². The van der Waals surface area contributed by atoms with Crippen LogP contribution < -0.4 is 10.5 Å². The van der Waals surface area contributed by atoms with E-state index in [0.29, 0.717) is 27.4 Å². The van der Waals surface area contributed by atoms with Gasteiger partial charge >= 0.3 is 0 Å². The second-order valence-corrected chi connectivity index (χ2v) is 4.37. The number of rotatable bonds is 3. The Bertz CT molecular complexity index is 350. The lowest BCUT2D eigenvalue weighted by molar-refractivity contribution is 0.300. The largest absolute Gasteiger partial charge is 0.492 e. The molecule has 0 amide bonds. The van der Waals surface area contributed by atoms with Crippen LogP contribution in [0.2, 0.25) is 10.0 Å². The first-order valence-corrected chi connectivity index (χ1v) is 5.29. The molecule has 2 N–H and O–H groups in total. The van der Waals surface area contributed by atoms with Crippen LogP contribution in [0.4, 0.5) is 5.69 Å². The monoisotopic (exact) mass is 231 g/mol. The molecule has 1 aliphatic rings. The van der Waals surface area contributed by atoms with E-state index in [1.54, 1.807) is 12.1 Å². The zero-order valence-corrected chi connectivity index (χ0v) is 9.11. The number of benzene rings is 1. The van der Waals surface area contributed by atoms with Gasteiger partial charge in [0.1, 0.15) is 5.75 Å². The Labute approximate surface area is 92.9 Å². The third kappa shape index (κ3) is 2.25. The molecule has 1 fully saturated rings. The molecule has 1 aromatic rings. The number of halogens is 2. The average Bonchev–Trinajstić information content (AvgIpc) is 2.92. The maximum absolute atomic E-state index is 5.94. The van der Waals surface area contributed by atoms with Crippen LogP contribution in [-0.2, 0) is 0 Å². The highest BCUT2D eigenvalue weighted by molar-refractivity contribution is 6.37. The fourth-order valence-corrected chi connectivity index (χ4v) is 1.59. The van der Waals surface area contributed by atoms with E-state index in [0.717, 1.165) is 6.61 Å². The number of hydrogen-bond donors (Lipinski definition) is 1. The molecule has 0 heterocycles. The summed E-state index contributed by atoms with van der Waals surface area (Å²) in [7, 11) is 0. The van der Waals surface area contributed by atoms with E-state index in [-0.39, 0.29) is 0 Å². The second-order valence-electron chi connectivity index (χ2n) is 3.56. The topological polar surface area (TPSA) is 35.2 Å². The minimum Gasteiger partial charge on any atom is -0.492 e. The van der Waals surface area contributed by atoms with Gasteiger partial charge in [0.15, 0.2) is 0 Å². The maximum atomic E-state index is 5.94. The molecule has 0 saturated heterocycles. The van der Waals surface area contributed by atoms with Gasteiger partial charge in [0, 0.05) is 6.07 Å². The van der Waals surface area contributed by atoms with Crippen LogP contribution in [-0.4, -0.2) is 6.61 Å². The molecular formula is C10H11Cl2NO.